The summed E-state index contributed by atoms with van der Waals surface area (Å²) in [6, 6.07) is 17.1. The van der Waals surface area contributed by atoms with E-state index in [0.717, 1.165) is 22.5 Å². The molecule has 8 nitrogen and oxygen atoms in total. The van der Waals surface area contributed by atoms with Gasteiger partial charge in [0.2, 0.25) is 5.75 Å². The van der Waals surface area contributed by atoms with Crippen LogP contribution in [0.1, 0.15) is 10.5 Å². The number of anilines is 2. The van der Waals surface area contributed by atoms with Gasteiger partial charge in [0, 0.05) is 43.2 Å². The minimum atomic E-state index is -0.306. The summed E-state index contributed by atoms with van der Waals surface area (Å²) in [5.74, 6) is 1.06. The molecule has 0 aliphatic rings. The molecule has 2 aromatic carbocycles. The Balaban J connectivity index is 1.59. The van der Waals surface area contributed by atoms with Crippen molar-refractivity contribution in [1.82, 2.24) is 9.97 Å². The molecule has 0 aliphatic heterocycles. The summed E-state index contributed by atoms with van der Waals surface area (Å²) in [7, 11) is 8.59. The Labute approximate surface area is 192 Å². The van der Waals surface area contributed by atoms with Gasteiger partial charge in [-0.05, 0) is 30.3 Å². The van der Waals surface area contributed by atoms with Crippen LogP contribution in [0.2, 0.25) is 0 Å². The number of pyridine rings is 1. The number of nitrogens with one attached hydrogen (secondary N) is 2. The predicted octanol–water partition coefficient (Wildman–Crippen LogP) is 4.57. The standard InChI is InChI=1S/C25H26N4O4/c1-29(2)17-8-6-15(7-9-17)18-10-11-19-20(27-18)14-21(28-19)25(30)26-16-12-22(31-3)24(33-5)23(13-16)32-4/h6-14,28H,1-5H3,(H,26,30). The molecular weight excluding hydrogens is 420 g/mol. The second-order valence-corrected chi connectivity index (χ2v) is 7.62. The van der Waals surface area contributed by atoms with Crippen molar-refractivity contribution in [3.63, 3.8) is 0 Å². The number of amides is 1. The molecule has 8 heteroatoms. The molecule has 0 fully saturated rings. The molecule has 0 saturated carbocycles. The Kier molecular flexibility index (Phi) is 6.08. The second-order valence-electron chi connectivity index (χ2n) is 7.62. The molecule has 1 amide bonds. The molecule has 0 aliphatic carbocycles. The third-order valence-electron chi connectivity index (χ3n) is 5.32. The molecule has 33 heavy (non-hydrogen) atoms. The van der Waals surface area contributed by atoms with Gasteiger partial charge >= 0.3 is 0 Å². The number of H-pyrrole nitrogens is 1. The molecule has 2 aromatic heterocycles. The minimum absolute atomic E-state index is 0.306. The first-order valence-corrected chi connectivity index (χ1v) is 10.3. The number of aromatic amines is 1. The Morgan fingerprint density at radius 3 is 2.15 bits per heavy atom. The number of benzene rings is 2. The predicted molar refractivity (Wildman–Crippen MR) is 130 cm³/mol. The van der Waals surface area contributed by atoms with Gasteiger partial charge < -0.3 is 29.4 Å². The van der Waals surface area contributed by atoms with E-state index in [-0.39, 0.29) is 5.91 Å². The van der Waals surface area contributed by atoms with Crippen LogP contribution in [0.15, 0.2) is 54.6 Å². The van der Waals surface area contributed by atoms with Gasteiger partial charge in [0.15, 0.2) is 11.5 Å². The van der Waals surface area contributed by atoms with E-state index in [1.165, 1.54) is 21.3 Å². The lowest BCUT2D eigenvalue weighted by atomic mass is 10.1. The molecular formula is C25H26N4O4. The second kappa shape index (κ2) is 9.12. The fraction of sp³-hybridized carbons (Fsp3) is 0.200. The maximum atomic E-state index is 12.9. The zero-order valence-electron chi connectivity index (χ0n) is 19.2. The van der Waals surface area contributed by atoms with Crippen LogP contribution in [0, 0.1) is 0 Å². The third kappa shape index (κ3) is 4.41. The van der Waals surface area contributed by atoms with E-state index in [2.05, 4.69) is 22.4 Å². The molecule has 0 atom stereocenters. The Hall–Kier alpha value is -4.20. The van der Waals surface area contributed by atoms with Crippen molar-refractivity contribution in [3.8, 4) is 28.5 Å². The molecule has 0 radical (unpaired) electrons. The first-order chi connectivity index (χ1) is 15.9. The molecule has 4 aromatic rings. The molecule has 0 unspecified atom stereocenters. The van der Waals surface area contributed by atoms with Gasteiger partial charge in [-0.2, -0.15) is 0 Å². The van der Waals surface area contributed by atoms with E-state index in [1.807, 2.05) is 43.3 Å². The SMILES string of the molecule is COc1cc(NC(=O)c2cc3nc(-c4ccc(N(C)C)cc4)ccc3[nH]2)cc(OC)c1OC. The fourth-order valence-corrected chi connectivity index (χ4v) is 3.57. The highest BCUT2D eigenvalue weighted by Crippen LogP contribution is 2.40. The summed E-state index contributed by atoms with van der Waals surface area (Å²) in [4.78, 5) is 22.8. The summed E-state index contributed by atoms with van der Waals surface area (Å²) >= 11 is 0. The van der Waals surface area contributed by atoms with Crippen LogP contribution in [0.4, 0.5) is 11.4 Å². The van der Waals surface area contributed by atoms with Crippen molar-refractivity contribution in [1.29, 1.82) is 0 Å². The van der Waals surface area contributed by atoms with E-state index >= 15 is 0 Å². The summed E-state index contributed by atoms with van der Waals surface area (Å²) < 4.78 is 16.0. The molecule has 170 valence electrons. The van der Waals surface area contributed by atoms with Crippen molar-refractivity contribution < 1.29 is 19.0 Å². The van der Waals surface area contributed by atoms with Crippen LogP contribution in [0.25, 0.3) is 22.3 Å². The van der Waals surface area contributed by atoms with Gasteiger partial charge in [0.25, 0.3) is 5.91 Å². The maximum Gasteiger partial charge on any atom is 0.272 e. The molecule has 4 rings (SSSR count). The lowest BCUT2D eigenvalue weighted by molar-refractivity contribution is 0.102. The van der Waals surface area contributed by atoms with Crippen LogP contribution in [0.5, 0.6) is 17.2 Å². The molecule has 2 heterocycles. The van der Waals surface area contributed by atoms with Crippen LogP contribution in [-0.2, 0) is 0 Å². The zero-order chi connectivity index (χ0) is 23.5. The van der Waals surface area contributed by atoms with Crippen LogP contribution < -0.4 is 24.4 Å². The van der Waals surface area contributed by atoms with Crippen molar-refractivity contribution in [3.05, 3.63) is 60.3 Å². The average Bonchev–Trinajstić information content (AvgIpc) is 3.27. The monoisotopic (exact) mass is 446 g/mol. The van der Waals surface area contributed by atoms with E-state index in [4.69, 9.17) is 19.2 Å². The molecule has 0 spiro atoms. The third-order valence-corrected chi connectivity index (χ3v) is 5.32. The van der Waals surface area contributed by atoms with Crippen molar-refractivity contribution in [2.45, 2.75) is 0 Å². The van der Waals surface area contributed by atoms with E-state index in [0.29, 0.717) is 34.1 Å². The summed E-state index contributed by atoms with van der Waals surface area (Å²) in [5, 5.41) is 2.86. The lowest BCUT2D eigenvalue weighted by Gasteiger charge is -2.14. The number of ether oxygens (including phenoxy) is 3. The Morgan fingerprint density at radius 2 is 1.58 bits per heavy atom. The van der Waals surface area contributed by atoms with Gasteiger partial charge in [-0.3, -0.25) is 4.79 Å². The topological polar surface area (TPSA) is 88.7 Å². The van der Waals surface area contributed by atoms with Crippen LogP contribution in [-0.4, -0.2) is 51.3 Å². The fourth-order valence-electron chi connectivity index (χ4n) is 3.57. The zero-order valence-corrected chi connectivity index (χ0v) is 19.2. The van der Waals surface area contributed by atoms with Gasteiger partial charge in [-0.1, -0.05) is 12.1 Å². The Bertz CT molecular complexity index is 1270. The van der Waals surface area contributed by atoms with Gasteiger partial charge in [-0.25, -0.2) is 4.98 Å². The maximum absolute atomic E-state index is 12.9. The van der Waals surface area contributed by atoms with E-state index in [1.54, 1.807) is 18.2 Å². The number of rotatable bonds is 7. The summed E-state index contributed by atoms with van der Waals surface area (Å²) in [5.41, 5.74) is 5.36. The van der Waals surface area contributed by atoms with Gasteiger partial charge in [0.1, 0.15) is 5.69 Å². The number of methoxy groups -OCH3 is 3. The van der Waals surface area contributed by atoms with Crippen molar-refractivity contribution in [2.24, 2.45) is 0 Å². The molecule has 0 bridgehead atoms. The van der Waals surface area contributed by atoms with Crippen LogP contribution in [0.3, 0.4) is 0 Å². The van der Waals surface area contributed by atoms with Crippen molar-refractivity contribution >= 4 is 28.3 Å². The number of carbonyl (C=O) groups excluding carboxylic acids is 1. The quantitative estimate of drug-likeness (QED) is 0.432. The Morgan fingerprint density at radius 1 is 0.909 bits per heavy atom. The number of fused-ring (bicyclic) bond motifs is 1. The molecule has 2 N–H and O–H groups in total. The smallest absolute Gasteiger partial charge is 0.272 e. The van der Waals surface area contributed by atoms with Crippen LogP contribution >= 0.6 is 0 Å². The highest BCUT2D eigenvalue weighted by molar-refractivity contribution is 6.06. The lowest BCUT2D eigenvalue weighted by Crippen LogP contribution is -2.12. The molecule has 0 saturated heterocycles. The highest BCUT2D eigenvalue weighted by Gasteiger charge is 2.16. The number of nitrogens with zero attached hydrogens (tertiary/aromatic N) is 2. The largest absolute Gasteiger partial charge is 0.493 e. The van der Waals surface area contributed by atoms with Gasteiger partial charge in [-0.15, -0.1) is 0 Å². The number of aromatic nitrogens is 2. The van der Waals surface area contributed by atoms with Gasteiger partial charge in [0.05, 0.1) is 38.1 Å². The normalized spacial score (nSPS) is 10.7. The van der Waals surface area contributed by atoms with Crippen molar-refractivity contribution in [2.75, 3.05) is 45.6 Å². The number of hydrogen-bond donors (Lipinski definition) is 2. The number of carbonyl (C=O) groups is 1. The first-order valence-electron chi connectivity index (χ1n) is 10.3. The summed E-state index contributed by atoms with van der Waals surface area (Å²) in [6.07, 6.45) is 0. The minimum Gasteiger partial charge on any atom is -0.493 e. The first kappa shape index (κ1) is 22.0. The summed E-state index contributed by atoms with van der Waals surface area (Å²) in [6.45, 7) is 0. The average molecular weight is 447 g/mol. The number of hydrogen-bond acceptors (Lipinski definition) is 6. The highest BCUT2D eigenvalue weighted by atomic mass is 16.5. The van der Waals surface area contributed by atoms with E-state index in [9.17, 15) is 4.79 Å². The van der Waals surface area contributed by atoms with E-state index < -0.39 is 0 Å².